The van der Waals surface area contributed by atoms with Crippen LogP contribution in [0, 0.1) is 0 Å². The van der Waals surface area contributed by atoms with E-state index in [1.54, 1.807) is 0 Å². The number of nitrogens with one attached hydrogen (secondary N) is 1. The largest absolute Gasteiger partial charge is 0.376 e. The lowest BCUT2D eigenvalue weighted by Gasteiger charge is -2.28. The number of carbonyl (C=O) groups excluding carboxylic acids is 1. The van der Waals surface area contributed by atoms with Crippen LogP contribution in [0.25, 0.3) is 0 Å². The van der Waals surface area contributed by atoms with E-state index < -0.39 is 6.10 Å². The van der Waals surface area contributed by atoms with Crippen LogP contribution >= 0.6 is 0 Å². The van der Waals surface area contributed by atoms with Gasteiger partial charge >= 0.3 is 0 Å². The molecule has 2 atom stereocenters. The molecule has 0 bridgehead atoms. The Labute approximate surface area is 124 Å². The number of fused-ring (bicyclic) bond motifs is 1. The van der Waals surface area contributed by atoms with Gasteiger partial charge in [-0.1, -0.05) is 13.8 Å². The predicted molar refractivity (Wildman–Crippen MR) is 74.9 cm³/mol. The zero-order valence-corrected chi connectivity index (χ0v) is 12.5. The third-order valence-corrected chi connectivity index (χ3v) is 3.95. The highest BCUT2D eigenvalue weighted by molar-refractivity contribution is 5.81. The molecule has 1 N–H and O–H groups in total. The second-order valence-electron chi connectivity index (χ2n) is 5.92. The molecule has 7 nitrogen and oxygen atoms in total. The first-order valence-corrected chi connectivity index (χ1v) is 7.57. The van der Waals surface area contributed by atoms with Crippen LogP contribution in [-0.4, -0.2) is 52.6 Å². The molecular weight excluding hydrogens is 272 g/mol. The summed E-state index contributed by atoms with van der Waals surface area (Å²) < 4.78 is 12.8. The molecule has 0 spiro atoms. The zero-order chi connectivity index (χ0) is 14.8. The van der Waals surface area contributed by atoms with Crippen molar-refractivity contribution in [2.45, 2.75) is 51.3 Å². The van der Waals surface area contributed by atoms with Gasteiger partial charge in [-0.05, 0) is 6.42 Å². The Hall–Kier alpha value is -1.47. The number of ether oxygens (including phenoxy) is 2. The second kappa shape index (κ2) is 6.11. The van der Waals surface area contributed by atoms with Crippen LogP contribution in [0.1, 0.15) is 37.8 Å². The van der Waals surface area contributed by atoms with Gasteiger partial charge in [0.15, 0.2) is 6.10 Å². The molecule has 3 heterocycles. The Kier molecular flexibility index (Phi) is 4.21. The summed E-state index contributed by atoms with van der Waals surface area (Å²) in [5, 5.41) is 11.6. The number of hydrogen-bond donors (Lipinski definition) is 1. The second-order valence-corrected chi connectivity index (χ2v) is 5.92. The fraction of sp³-hybridized carbons (Fsp3) is 0.786. The monoisotopic (exact) mass is 294 g/mol. The van der Waals surface area contributed by atoms with Crippen molar-refractivity contribution in [1.29, 1.82) is 0 Å². The highest BCUT2D eigenvalue weighted by Gasteiger charge is 2.28. The molecule has 0 unspecified atom stereocenters. The zero-order valence-electron chi connectivity index (χ0n) is 12.5. The summed E-state index contributed by atoms with van der Waals surface area (Å²) in [5.41, 5.74) is 0. The van der Waals surface area contributed by atoms with E-state index in [0.29, 0.717) is 25.7 Å². The van der Waals surface area contributed by atoms with E-state index in [4.69, 9.17) is 9.47 Å². The summed E-state index contributed by atoms with van der Waals surface area (Å²) in [4.78, 5) is 12.2. The minimum atomic E-state index is -0.481. The van der Waals surface area contributed by atoms with Crippen LogP contribution in [0.5, 0.6) is 0 Å². The van der Waals surface area contributed by atoms with Gasteiger partial charge in [-0.25, -0.2) is 0 Å². The van der Waals surface area contributed by atoms with Gasteiger partial charge in [0.05, 0.1) is 19.8 Å². The Balaban J connectivity index is 1.63. The third kappa shape index (κ3) is 3.08. The molecule has 0 aliphatic carbocycles. The summed E-state index contributed by atoms with van der Waals surface area (Å²) in [5.74, 6) is 2.25. The number of amides is 1. The molecule has 2 aliphatic heterocycles. The highest BCUT2D eigenvalue weighted by atomic mass is 16.6. The van der Waals surface area contributed by atoms with Crippen LogP contribution in [0.4, 0.5) is 0 Å². The summed E-state index contributed by atoms with van der Waals surface area (Å²) in [7, 11) is 0. The molecule has 116 valence electrons. The van der Waals surface area contributed by atoms with Crippen molar-refractivity contribution >= 4 is 5.91 Å². The van der Waals surface area contributed by atoms with Gasteiger partial charge in [0, 0.05) is 24.9 Å². The molecule has 2 aliphatic rings. The first-order valence-electron chi connectivity index (χ1n) is 7.57. The molecule has 0 radical (unpaired) electrons. The number of hydrogen-bond acceptors (Lipinski definition) is 5. The van der Waals surface area contributed by atoms with Gasteiger partial charge in [0.25, 0.3) is 5.91 Å². The van der Waals surface area contributed by atoms with Gasteiger partial charge in [-0.2, -0.15) is 0 Å². The van der Waals surface area contributed by atoms with Crippen LogP contribution in [0.3, 0.4) is 0 Å². The first kappa shape index (κ1) is 14.5. The van der Waals surface area contributed by atoms with Gasteiger partial charge < -0.3 is 19.4 Å². The van der Waals surface area contributed by atoms with Gasteiger partial charge in [0.1, 0.15) is 11.6 Å². The van der Waals surface area contributed by atoms with Gasteiger partial charge in [0.2, 0.25) is 0 Å². The lowest BCUT2D eigenvalue weighted by atomic mass is 10.1. The van der Waals surface area contributed by atoms with Crippen molar-refractivity contribution < 1.29 is 14.3 Å². The van der Waals surface area contributed by atoms with E-state index in [9.17, 15) is 4.79 Å². The number of aryl methyl sites for hydroxylation is 1. The van der Waals surface area contributed by atoms with Crippen molar-refractivity contribution in [3.05, 3.63) is 11.6 Å². The maximum Gasteiger partial charge on any atom is 0.251 e. The Morgan fingerprint density at radius 1 is 1.38 bits per heavy atom. The topological polar surface area (TPSA) is 78.3 Å². The quantitative estimate of drug-likeness (QED) is 0.864. The SMILES string of the molecule is CC(C)c1nnc2n1C[C@H](NC(=O)[C@H]1COCCO1)CC2. The molecule has 1 saturated heterocycles. The van der Waals surface area contributed by atoms with Crippen LogP contribution in [-0.2, 0) is 27.2 Å². The molecule has 7 heteroatoms. The summed E-state index contributed by atoms with van der Waals surface area (Å²) in [6.07, 6.45) is 1.24. The highest BCUT2D eigenvalue weighted by Crippen LogP contribution is 2.20. The van der Waals surface area contributed by atoms with Crippen molar-refractivity contribution in [3.63, 3.8) is 0 Å². The maximum atomic E-state index is 12.2. The fourth-order valence-electron chi connectivity index (χ4n) is 2.83. The number of aromatic nitrogens is 3. The minimum absolute atomic E-state index is 0.0812. The maximum absolute atomic E-state index is 12.2. The fourth-order valence-corrected chi connectivity index (χ4v) is 2.83. The predicted octanol–water partition coefficient (Wildman–Crippen LogP) is 0.248. The molecule has 0 aromatic carbocycles. The smallest absolute Gasteiger partial charge is 0.251 e. The van der Waals surface area contributed by atoms with E-state index in [-0.39, 0.29) is 11.9 Å². The Morgan fingerprint density at radius 3 is 2.95 bits per heavy atom. The number of carbonyl (C=O) groups is 1. The van der Waals surface area contributed by atoms with Crippen molar-refractivity contribution in [3.8, 4) is 0 Å². The summed E-state index contributed by atoms with van der Waals surface area (Å²) in [6.45, 7) is 6.33. The lowest BCUT2D eigenvalue weighted by Crippen LogP contribution is -2.49. The first-order chi connectivity index (χ1) is 10.1. The number of nitrogens with zero attached hydrogens (tertiary/aromatic N) is 3. The van der Waals surface area contributed by atoms with Crippen LogP contribution in [0.15, 0.2) is 0 Å². The summed E-state index contributed by atoms with van der Waals surface area (Å²) >= 11 is 0. The molecule has 21 heavy (non-hydrogen) atoms. The molecule has 1 aromatic heterocycles. The van der Waals surface area contributed by atoms with Crippen molar-refractivity contribution in [2.75, 3.05) is 19.8 Å². The molecule has 1 amide bonds. The Bertz CT molecular complexity index is 508. The average Bonchev–Trinajstić information content (AvgIpc) is 2.91. The molecular formula is C14H22N4O3. The van der Waals surface area contributed by atoms with E-state index in [1.165, 1.54) is 0 Å². The molecule has 1 fully saturated rings. The lowest BCUT2D eigenvalue weighted by molar-refractivity contribution is -0.148. The molecule has 0 saturated carbocycles. The third-order valence-electron chi connectivity index (χ3n) is 3.95. The van der Waals surface area contributed by atoms with E-state index in [2.05, 4.69) is 33.9 Å². The Morgan fingerprint density at radius 2 is 2.24 bits per heavy atom. The van der Waals surface area contributed by atoms with E-state index in [1.807, 2.05) is 0 Å². The normalized spacial score (nSPS) is 25.7. The van der Waals surface area contributed by atoms with Crippen molar-refractivity contribution in [2.24, 2.45) is 0 Å². The molecule has 1 aromatic rings. The van der Waals surface area contributed by atoms with Crippen LogP contribution in [0.2, 0.25) is 0 Å². The molecule has 3 rings (SSSR count). The standard InChI is InChI=1S/C14H22N4O3/c1-9(2)13-17-16-12-4-3-10(7-18(12)13)15-14(19)11-8-20-5-6-21-11/h9-11H,3-8H2,1-2H3,(H,15,19)/t10-,11-/m1/s1. The van der Waals surface area contributed by atoms with E-state index >= 15 is 0 Å². The van der Waals surface area contributed by atoms with Gasteiger partial charge in [-0.15, -0.1) is 10.2 Å². The van der Waals surface area contributed by atoms with Gasteiger partial charge in [-0.3, -0.25) is 4.79 Å². The summed E-state index contributed by atoms with van der Waals surface area (Å²) in [6, 6.07) is 0.101. The average molecular weight is 294 g/mol. The van der Waals surface area contributed by atoms with Crippen molar-refractivity contribution in [1.82, 2.24) is 20.1 Å². The minimum Gasteiger partial charge on any atom is -0.376 e. The number of rotatable bonds is 3. The van der Waals surface area contributed by atoms with E-state index in [0.717, 1.165) is 31.0 Å². The van der Waals surface area contributed by atoms with Crippen LogP contribution < -0.4 is 5.32 Å².